The maximum absolute atomic E-state index is 5.82. The SMILES string of the molecule is COCC(C)NC(N)=NCc1nc2c(C)cccc2[nH]1. The van der Waals surface area contributed by atoms with Gasteiger partial charge in [0.15, 0.2) is 5.96 Å². The normalized spacial score (nSPS) is 13.7. The number of imidazole rings is 1. The molecule has 0 radical (unpaired) electrons. The highest BCUT2D eigenvalue weighted by molar-refractivity contribution is 5.79. The van der Waals surface area contributed by atoms with Gasteiger partial charge in [-0.15, -0.1) is 0 Å². The van der Waals surface area contributed by atoms with Gasteiger partial charge in [0.2, 0.25) is 0 Å². The number of nitrogens with one attached hydrogen (secondary N) is 2. The minimum Gasteiger partial charge on any atom is -0.383 e. The summed E-state index contributed by atoms with van der Waals surface area (Å²) in [7, 11) is 1.66. The molecule has 6 nitrogen and oxygen atoms in total. The van der Waals surface area contributed by atoms with E-state index in [1.54, 1.807) is 7.11 Å². The number of aromatic nitrogens is 2. The van der Waals surface area contributed by atoms with Gasteiger partial charge >= 0.3 is 0 Å². The van der Waals surface area contributed by atoms with E-state index >= 15 is 0 Å². The fourth-order valence-corrected chi connectivity index (χ4v) is 2.05. The number of fused-ring (bicyclic) bond motifs is 1. The van der Waals surface area contributed by atoms with Crippen LogP contribution in [-0.2, 0) is 11.3 Å². The number of para-hydroxylation sites is 1. The van der Waals surface area contributed by atoms with E-state index in [1.807, 2.05) is 32.0 Å². The summed E-state index contributed by atoms with van der Waals surface area (Å²) in [5.41, 5.74) is 8.97. The first-order valence-electron chi connectivity index (χ1n) is 6.59. The summed E-state index contributed by atoms with van der Waals surface area (Å²) < 4.78 is 5.03. The van der Waals surface area contributed by atoms with Gasteiger partial charge in [0, 0.05) is 13.2 Å². The lowest BCUT2D eigenvalue weighted by Crippen LogP contribution is -2.40. The molecule has 0 fully saturated rings. The molecule has 0 aliphatic heterocycles. The maximum Gasteiger partial charge on any atom is 0.189 e. The van der Waals surface area contributed by atoms with Gasteiger partial charge in [-0.05, 0) is 25.5 Å². The quantitative estimate of drug-likeness (QED) is 0.567. The van der Waals surface area contributed by atoms with Gasteiger partial charge < -0.3 is 20.8 Å². The van der Waals surface area contributed by atoms with Crippen LogP contribution < -0.4 is 11.1 Å². The minimum absolute atomic E-state index is 0.127. The Labute approximate surface area is 118 Å². The van der Waals surface area contributed by atoms with Crippen LogP contribution in [0.4, 0.5) is 0 Å². The lowest BCUT2D eigenvalue weighted by atomic mass is 10.2. The molecular formula is C14H21N5O. The van der Waals surface area contributed by atoms with E-state index in [1.165, 1.54) is 0 Å². The van der Waals surface area contributed by atoms with Crippen LogP contribution in [0.25, 0.3) is 11.0 Å². The molecule has 1 atom stereocenters. The lowest BCUT2D eigenvalue weighted by molar-refractivity contribution is 0.179. The highest BCUT2D eigenvalue weighted by Gasteiger charge is 2.05. The van der Waals surface area contributed by atoms with Gasteiger partial charge in [0.25, 0.3) is 0 Å². The van der Waals surface area contributed by atoms with E-state index in [2.05, 4.69) is 20.3 Å². The first kappa shape index (κ1) is 14.3. The van der Waals surface area contributed by atoms with Gasteiger partial charge in [-0.25, -0.2) is 9.98 Å². The molecule has 2 rings (SSSR count). The van der Waals surface area contributed by atoms with Crippen LogP contribution in [0.2, 0.25) is 0 Å². The Morgan fingerprint density at radius 3 is 3.05 bits per heavy atom. The number of aryl methyl sites for hydroxylation is 1. The maximum atomic E-state index is 5.82. The van der Waals surface area contributed by atoms with Crippen molar-refractivity contribution in [3.8, 4) is 0 Å². The van der Waals surface area contributed by atoms with Crippen molar-refractivity contribution in [1.82, 2.24) is 15.3 Å². The van der Waals surface area contributed by atoms with Crippen molar-refractivity contribution >= 4 is 17.0 Å². The molecule has 0 aliphatic rings. The van der Waals surface area contributed by atoms with Gasteiger partial charge in [-0.2, -0.15) is 0 Å². The summed E-state index contributed by atoms with van der Waals surface area (Å²) in [5, 5.41) is 3.06. The Balaban J connectivity index is 2.03. The Bertz CT molecular complexity index is 605. The number of aromatic amines is 1. The molecule has 1 aromatic carbocycles. The van der Waals surface area contributed by atoms with Gasteiger partial charge in [-0.3, -0.25) is 0 Å². The van der Waals surface area contributed by atoms with Crippen molar-refractivity contribution in [2.75, 3.05) is 13.7 Å². The molecule has 0 saturated carbocycles. The minimum atomic E-state index is 0.127. The molecule has 0 saturated heterocycles. The average molecular weight is 275 g/mol. The van der Waals surface area contributed by atoms with Gasteiger partial charge in [-0.1, -0.05) is 12.1 Å². The van der Waals surface area contributed by atoms with Crippen molar-refractivity contribution in [3.63, 3.8) is 0 Å². The van der Waals surface area contributed by atoms with Crippen LogP contribution in [0.1, 0.15) is 18.3 Å². The zero-order chi connectivity index (χ0) is 14.5. The van der Waals surface area contributed by atoms with Crippen molar-refractivity contribution < 1.29 is 4.74 Å². The predicted octanol–water partition coefficient (Wildman–Crippen LogP) is 1.31. The van der Waals surface area contributed by atoms with Crippen LogP contribution in [0, 0.1) is 6.92 Å². The van der Waals surface area contributed by atoms with Crippen molar-refractivity contribution in [1.29, 1.82) is 0 Å². The molecule has 0 spiro atoms. The molecule has 0 aliphatic carbocycles. The molecule has 6 heteroatoms. The van der Waals surface area contributed by atoms with E-state index in [0.717, 1.165) is 22.4 Å². The molecule has 2 aromatic rings. The topological polar surface area (TPSA) is 88.3 Å². The number of ether oxygens (including phenoxy) is 1. The number of nitrogens with zero attached hydrogens (tertiary/aromatic N) is 2. The summed E-state index contributed by atoms with van der Waals surface area (Å²) in [6, 6.07) is 6.18. The van der Waals surface area contributed by atoms with E-state index in [4.69, 9.17) is 10.5 Å². The van der Waals surface area contributed by atoms with Crippen LogP contribution in [0.5, 0.6) is 0 Å². The standard InChI is InChI=1S/C14H21N5O/c1-9-5-4-6-11-13(9)19-12(18-11)7-16-14(15)17-10(2)8-20-3/h4-6,10H,7-8H2,1-3H3,(H,18,19)(H3,15,16,17). The molecule has 1 aromatic heterocycles. The number of guanidine groups is 1. The summed E-state index contributed by atoms with van der Waals surface area (Å²) in [6.07, 6.45) is 0. The third-order valence-corrected chi connectivity index (χ3v) is 2.97. The van der Waals surface area contributed by atoms with Crippen LogP contribution in [0.3, 0.4) is 0 Å². The van der Waals surface area contributed by atoms with E-state index in [0.29, 0.717) is 19.1 Å². The monoisotopic (exact) mass is 275 g/mol. The van der Waals surface area contributed by atoms with Crippen LogP contribution >= 0.6 is 0 Å². The number of H-pyrrole nitrogens is 1. The van der Waals surface area contributed by atoms with Gasteiger partial charge in [0.05, 0.1) is 17.6 Å². The third-order valence-electron chi connectivity index (χ3n) is 2.97. The van der Waals surface area contributed by atoms with Crippen LogP contribution in [0.15, 0.2) is 23.2 Å². The smallest absolute Gasteiger partial charge is 0.189 e. The second-order valence-corrected chi connectivity index (χ2v) is 4.86. The fraction of sp³-hybridized carbons (Fsp3) is 0.429. The third kappa shape index (κ3) is 3.48. The Morgan fingerprint density at radius 1 is 1.55 bits per heavy atom. The van der Waals surface area contributed by atoms with Gasteiger partial charge in [0.1, 0.15) is 12.4 Å². The fourth-order valence-electron chi connectivity index (χ4n) is 2.05. The second kappa shape index (κ2) is 6.38. The molecule has 108 valence electrons. The van der Waals surface area contributed by atoms with E-state index < -0.39 is 0 Å². The zero-order valence-electron chi connectivity index (χ0n) is 12.1. The average Bonchev–Trinajstić information content (AvgIpc) is 2.81. The molecule has 0 amide bonds. The van der Waals surface area contributed by atoms with Crippen molar-refractivity contribution in [2.24, 2.45) is 10.7 Å². The lowest BCUT2D eigenvalue weighted by Gasteiger charge is -2.12. The number of hydrogen-bond acceptors (Lipinski definition) is 3. The Hall–Kier alpha value is -2.08. The zero-order valence-corrected chi connectivity index (χ0v) is 12.1. The number of methoxy groups -OCH3 is 1. The molecular weight excluding hydrogens is 254 g/mol. The highest BCUT2D eigenvalue weighted by Crippen LogP contribution is 2.15. The Morgan fingerprint density at radius 2 is 2.35 bits per heavy atom. The highest BCUT2D eigenvalue weighted by atomic mass is 16.5. The summed E-state index contributed by atoms with van der Waals surface area (Å²) in [4.78, 5) is 12.0. The number of benzene rings is 1. The largest absolute Gasteiger partial charge is 0.383 e. The number of rotatable bonds is 5. The number of aliphatic imine (C=N–C) groups is 1. The first-order valence-corrected chi connectivity index (χ1v) is 6.59. The molecule has 0 bridgehead atoms. The molecule has 20 heavy (non-hydrogen) atoms. The second-order valence-electron chi connectivity index (χ2n) is 4.86. The van der Waals surface area contributed by atoms with Crippen molar-refractivity contribution in [3.05, 3.63) is 29.6 Å². The number of nitrogens with two attached hydrogens (primary N) is 1. The Kier molecular flexibility index (Phi) is 4.57. The first-order chi connectivity index (χ1) is 9.60. The summed E-state index contributed by atoms with van der Waals surface area (Å²) in [5.74, 6) is 1.20. The molecule has 1 unspecified atom stereocenters. The van der Waals surface area contributed by atoms with E-state index in [9.17, 15) is 0 Å². The van der Waals surface area contributed by atoms with E-state index in [-0.39, 0.29) is 6.04 Å². The van der Waals surface area contributed by atoms with Crippen molar-refractivity contribution in [2.45, 2.75) is 26.4 Å². The summed E-state index contributed by atoms with van der Waals surface area (Å²) in [6.45, 7) is 5.03. The molecule has 1 heterocycles. The van der Waals surface area contributed by atoms with Crippen LogP contribution in [-0.4, -0.2) is 35.7 Å². The molecule has 4 N–H and O–H groups in total. The predicted molar refractivity (Wildman–Crippen MR) is 80.6 cm³/mol. The number of hydrogen-bond donors (Lipinski definition) is 3. The summed E-state index contributed by atoms with van der Waals surface area (Å²) >= 11 is 0.